The van der Waals surface area contributed by atoms with E-state index >= 15 is 0 Å². The molecule has 376 valence electrons. The van der Waals surface area contributed by atoms with Crippen molar-refractivity contribution >= 4 is 13.7 Å². The van der Waals surface area contributed by atoms with Crippen molar-refractivity contribution in [2.45, 2.75) is 268 Å². The maximum atomic E-state index is 13.0. The Bertz CT molecular complexity index is 1240. The second-order valence-corrected chi connectivity index (χ2v) is 19.6. The van der Waals surface area contributed by atoms with Crippen LogP contribution in [0.25, 0.3) is 0 Å². The van der Waals surface area contributed by atoms with E-state index in [4.69, 9.17) is 9.05 Å². The van der Waals surface area contributed by atoms with E-state index < -0.39 is 75.2 Å². The minimum atomic E-state index is -5.15. The maximum absolute atomic E-state index is 13.0. The van der Waals surface area contributed by atoms with Crippen LogP contribution in [0.4, 0.5) is 0 Å². The number of aliphatic hydroxyl groups excluding tert-OH is 7. The van der Waals surface area contributed by atoms with Crippen molar-refractivity contribution < 1.29 is 59.0 Å². The van der Waals surface area contributed by atoms with Crippen LogP contribution in [-0.2, 0) is 18.4 Å². The third kappa shape index (κ3) is 30.7. The lowest BCUT2D eigenvalue weighted by molar-refractivity contribution is -0.220. The molecule has 8 atom stereocenters. The molecule has 0 aromatic heterocycles. The lowest BCUT2D eigenvalue weighted by Gasteiger charge is -2.41. The third-order valence-corrected chi connectivity index (χ3v) is 13.2. The summed E-state index contributed by atoms with van der Waals surface area (Å²) in [6.07, 6.45) is 32.4. The van der Waals surface area contributed by atoms with Gasteiger partial charge in [0.1, 0.15) is 36.6 Å². The van der Waals surface area contributed by atoms with Crippen molar-refractivity contribution in [3.63, 3.8) is 0 Å². The Morgan fingerprint density at radius 3 is 1.38 bits per heavy atom. The molecule has 1 aliphatic rings. The highest BCUT2D eigenvalue weighted by atomic mass is 31.2. The molecule has 0 aromatic rings. The first kappa shape index (κ1) is 60.5. The highest BCUT2D eigenvalue weighted by Crippen LogP contribution is 2.47. The summed E-state index contributed by atoms with van der Waals surface area (Å²) in [6.45, 7) is 3.70. The number of phosphoric acid groups is 1. The molecule has 14 heteroatoms. The number of hydrogen-bond donors (Lipinski definition) is 9. The molecule has 13 nitrogen and oxygen atoms in total. The SMILES string of the molecule is CCCCC/C=C/CC/C=C/CC/C=C/C(O)C(COP(=O)(O)OC1C(O)C(O)C(O)C(O)C1O)NC(=O)CC(O)CCCCCCCCCCCCCCCCCCCCCCC. The summed E-state index contributed by atoms with van der Waals surface area (Å²) >= 11 is 0. The molecular weight excluding hydrogens is 838 g/mol. The van der Waals surface area contributed by atoms with Crippen LogP contribution >= 0.6 is 7.82 Å². The van der Waals surface area contributed by atoms with Crippen molar-refractivity contribution in [3.8, 4) is 0 Å². The lowest BCUT2D eigenvalue weighted by Crippen LogP contribution is -2.64. The van der Waals surface area contributed by atoms with Gasteiger partial charge in [-0.2, -0.15) is 0 Å². The van der Waals surface area contributed by atoms with E-state index in [-0.39, 0.29) is 6.42 Å². The Kier molecular flexibility index (Phi) is 37.4. The summed E-state index contributed by atoms with van der Waals surface area (Å²) in [5, 5.41) is 74.5. The van der Waals surface area contributed by atoms with Gasteiger partial charge in [0.05, 0.1) is 31.3 Å². The van der Waals surface area contributed by atoms with Gasteiger partial charge in [-0.1, -0.05) is 198 Å². The van der Waals surface area contributed by atoms with Gasteiger partial charge in [-0.3, -0.25) is 13.8 Å². The predicted octanol–water partition coefficient (Wildman–Crippen LogP) is 9.31. The van der Waals surface area contributed by atoms with E-state index in [1.54, 1.807) is 6.08 Å². The van der Waals surface area contributed by atoms with Gasteiger partial charge in [0.2, 0.25) is 5.91 Å². The summed E-state index contributed by atoms with van der Waals surface area (Å²) in [5.74, 6) is -0.605. The molecule has 0 spiro atoms. The minimum Gasteiger partial charge on any atom is -0.393 e. The van der Waals surface area contributed by atoms with Crippen LogP contribution in [0, 0.1) is 0 Å². The van der Waals surface area contributed by atoms with Crippen molar-refractivity contribution in [3.05, 3.63) is 36.5 Å². The van der Waals surface area contributed by atoms with Crippen LogP contribution in [0.1, 0.15) is 213 Å². The van der Waals surface area contributed by atoms with E-state index in [9.17, 15) is 50.0 Å². The maximum Gasteiger partial charge on any atom is 0.472 e. The van der Waals surface area contributed by atoms with Gasteiger partial charge in [0.25, 0.3) is 0 Å². The van der Waals surface area contributed by atoms with Crippen molar-refractivity contribution in [1.82, 2.24) is 5.32 Å². The molecule has 0 bridgehead atoms. The number of hydrogen-bond acceptors (Lipinski definition) is 11. The molecule has 0 radical (unpaired) electrons. The fourth-order valence-electron chi connectivity index (χ4n) is 8.04. The second-order valence-electron chi connectivity index (χ2n) is 18.2. The Morgan fingerprint density at radius 2 is 0.922 bits per heavy atom. The average Bonchev–Trinajstić information content (AvgIpc) is 3.27. The fraction of sp³-hybridized carbons (Fsp3) is 0.860. The molecule has 0 aromatic carbocycles. The van der Waals surface area contributed by atoms with Gasteiger partial charge in [-0.15, -0.1) is 0 Å². The zero-order valence-electron chi connectivity index (χ0n) is 39.9. The number of carbonyl (C=O) groups is 1. The Morgan fingerprint density at radius 1 is 0.547 bits per heavy atom. The van der Waals surface area contributed by atoms with Gasteiger partial charge < -0.3 is 46.0 Å². The first-order valence-corrected chi connectivity index (χ1v) is 27.0. The van der Waals surface area contributed by atoms with E-state index in [0.717, 1.165) is 44.9 Å². The first-order chi connectivity index (χ1) is 30.8. The average molecular weight is 932 g/mol. The number of unbranched alkanes of at least 4 members (excludes halogenated alkanes) is 25. The number of aliphatic hydroxyl groups is 7. The van der Waals surface area contributed by atoms with Crippen LogP contribution in [0.5, 0.6) is 0 Å². The zero-order valence-corrected chi connectivity index (χ0v) is 40.8. The minimum absolute atomic E-state index is 0.253. The molecule has 1 saturated carbocycles. The zero-order chi connectivity index (χ0) is 47.3. The highest BCUT2D eigenvalue weighted by Gasteiger charge is 2.51. The normalized spacial score (nSPS) is 23.0. The largest absolute Gasteiger partial charge is 0.472 e. The van der Waals surface area contributed by atoms with Gasteiger partial charge >= 0.3 is 7.82 Å². The van der Waals surface area contributed by atoms with Gasteiger partial charge in [0, 0.05) is 0 Å². The Labute approximate surface area is 387 Å². The van der Waals surface area contributed by atoms with E-state index in [0.29, 0.717) is 19.3 Å². The van der Waals surface area contributed by atoms with Crippen molar-refractivity contribution in [2.75, 3.05) is 6.61 Å². The smallest absolute Gasteiger partial charge is 0.393 e. The third-order valence-electron chi connectivity index (χ3n) is 12.2. The number of carbonyl (C=O) groups excluding carboxylic acids is 1. The summed E-state index contributed by atoms with van der Waals surface area (Å²) in [6, 6.07) is -1.26. The quantitative estimate of drug-likeness (QED) is 0.0159. The molecular formula is C50H94NO12P. The second kappa shape index (κ2) is 39.5. The molecule has 1 amide bonds. The first-order valence-electron chi connectivity index (χ1n) is 25.5. The fourth-order valence-corrected chi connectivity index (χ4v) is 9.00. The van der Waals surface area contributed by atoms with E-state index in [1.807, 2.05) is 6.08 Å². The Balaban J connectivity index is 2.45. The summed E-state index contributed by atoms with van der Waals surface area (Å²) < 4.78 is 22.9. The van der Waals surface area contributed by atoms with Crippen LogP contribution in [0.15, 0.2) is 36.5 Å². The number of phosphoric ester groups is 1. The highest BCUT2D eigenvalue weighted by molar-refractivity contribution is 7.47. The Hall–Kier alpha value is -1.48. The van der Waals surface area contributed by atoms with Crippen LogP contribution in [-0.4, -0.2) is 108 Å². The molecule has 1 rings (SSSR count). The lowest BCUT2D eigenvalue weighted by atomic mass is 9.85. The monoisotopic (exact) mass is 932 g/mol. The molecule has 9 N–H and O–H groups in total. The molecule has 64 heavy (non-hydrogen) atoms. The summed E-state index contributed by atoms with van der Waals surface area (Å²) in [7, 11) is -5.15. The van der Waals surface area contributed by atoms with Crippen LogP contribution in [0.2, 0.25) is 0 Å². The topological polar surface area (TPSA) is 226 Å². The van der Waals surface area contributed by atoms with Gasteiger partial charge in [-0.25, -0.2) is 4.57 Å². The van der Waals surface area contributed by atoms with E-state index in [2.05, 4.69) is 37.4 Å². The molecule has 0 aliphatic heterocycles. The number of rotatable bonds is 42. The summed E-state index contributed by atoms with van der Waals surface area (Å²) in [5.41, 5.74) is 0. The van der Waals surface area contributed by atoms with Crippen molar-refractivity contribution in [1.29, 1.82) is 0 Å². The van der Waals surface area contributed by atoms with E-state index in [1.165, 1.54) is 134 Å². The molecule has 0 heterocycles. The molecule has 8 unspecified atom stereocenters. The molecule has 1 aliphatic carbocycles. The molecule has 0 saturated heterocycles. The predicted molar refractivity (Wildman–Crippen MR) is 257 cm³/mol. The van der Waals surface area contributed by atoms with Gasteiger partial charge in [-0.05, 0) is 44.9 Å². The van der Waals surface area contributed by atoms with Crippen LogP contribution < -0.4 is 5.32 Å². The summed E-state index contributed by atoms with van der Waals surface area (Å²) in [4.78, 5) is 23.5. The molecule has 1 fully saturated rings. The number of nitrogens with one attached hydrogen (secondary N) is 1. The number of allylic oxidation sites excluding steroid dienone is 5. The number of amides is 1. The van der Waals surface area contributed by atoms with Crippen LogP contribution in [0.3, 0.4) is 0 Å². The standard InChI is InChI=1S/C50H94NO12P/c1-3-5-7-9-11-13-15-17-18-19-20-21-22-23-24-26-27-29-31-33-35-37-41(52)39-44(54)51-42(43(53)38-36-34-32-30-28-25-16-14-12-10-8-6-4-2)40-62-64(60,61)63-50-48(58)46(56)45(55)47(57)49(50)59/h12,14,28,30,36,38,41-43,45-50,52-53,55-59H,3-11,13,15-27,29,31-35,37,39-40H2,1-2H3,(H,51,54)(H,60,61)/b14-12+,30-28+,38-36+. The van der Waals surface area contributed by atoms with Crippen molar-refractivity contribution in [2.24, 2.45) is 0 Å². The van der Waals surface area contributed by atoms with Gasteiger partial charge in [0.15, 0.2) is 0 Å².